The van der Waals surface area contributed by atoms with Gasteiger partial charge < -0.3 is 24.8 Å². The van der Waals surface area contributed by atoms with Crippen LogP contribution >= 0.6 is 0 Å². The average molecular weight is 567 g/mol. The number of hydrogen-bond donors (Lipinski definition) is 2. The van der Waals surface area contributed by atoms with Crippen LogP contribution in [0.25, 0.3) is 0 Å². The van der Waals surface area contributed by atoms with Crippen molar-refractivity contribution >= 4 is 17.8 Å². The Morgan fingerprint density at radius 2 is 1.40 bits per heavy atom. The van der Waals surface area contributed by atoms with Crippen molar-refractivity contribution in [3.8, 4) is 0 Å². The third kappa shape index (κ3) is 17.7. The van der Waals surface area contributed by atoms with Gasteiger partial charge in [0.05, 0.1) is 19.6 Å². The Morgan fingerprint density at radius 3 is 2.05 bits per heavy atom. The minimum Gasteiger partial charge on any atom is -0.464 e. The molecule has 232 valence electrons. The zero-order valence-corrected chi connectivity index (χ0v) is 26.1. The zero-order chi connectivity index (χ0) is 29.7. The molecule has 1 aliphatic heterocycles. The highest BCUT2D eigenvalue weighted by molar-refractivity contribution is 5.82. The number of ether oxygens (including phenoxy) is 3. The average Bonchev–Trinajstić information content (AvgIpc) is 2.90. The summed E-state index contributed by atoms with van der Waals surface area (Å²) in [7, 11) is 0. The standard InChI is InChI=1S/C32H58N2O6/c1-6-7-8-9-10-11-12-13-14-15-16-17-18-19-20-21-27(35)33-24-25-38-28(36)22-23-34-30(37)29-31(2,3)26-39-32(4,5)40-29/h13-14,29H,6-12,15-26H2,1-5H3,(H,33,35)(H,34,37). The van der Waals surface area contributed by atoms with Crippen LogP contribution in [0.2, 0.25) is 0 Å². The molecule has 2 N–H and O–H groups in total. The van der Waals surface area contributed by atoms with Crippen LogP contribution in [0.1, 0.15) is 131 Å². The Balaban J connectivity index is 1.95. The quantitative estimate of drug-likeness (QED) is 0.0897. The van der Waals surface area contributed by atoms with Crippen molar-refractivity contribution in [2.45, 2.75) is 143 Å². The third-order valence-electron chi connectivity index (χ3n) is 7.12. The predicted octanol–water partition coefficient (Wildman–Crippen LogP) is 6.37. The number of esters is 1. The van der Waals surface area contributed by atoms with Crippen molar-refractivity contribution in [3.63, 3.8) is 0 Å². The summed E-state index contributed by atoms with van der Waals surface area (Å²) in [6, 6.07) is 0. The fraction of sp³-hybridized carbons (Fsp3) is 0.844. The van der Waals surface area contributed by atoms with E-state index in [2.05, 4.69) is 29.7 Å². The number of carbonyl (C=O) groups excluding carboxylic acids is 3. The summed E-state index contributed by atoms with van der Waals surface area (Å²) in [5.74, 6) is -1.52. The highest BCUT2D eigenvalue weighted by Gasteiger charge is 2.45. The molecule has 1 rings (SSSR count). The van der Waals surface area contributed by atoms with E-state index in [4.69, 9.17) is 14.2 Å². The lowest BCUT2D eigenvalue weighted by atomic mass is 9.85. The number of unbranched alkanes of at least 4 members (excludes halogenated alkanes) is 11. The number of allylic oxidation sites excluding steroid dienone is 2. The lowest BCUT2D eigenvalue weighted by Gasteiger charge is -2.44. The largest absolute Gasteiger partial charge is 0.464 e. The van der Waals surface area contributed by atoms with Gasteiger partial charge in [0, 0.05) is 18.4 Å². The van der Waals surface area contributed by atoms with Gasteiger partial charge in [-0.15, -0.1) is 0 Å². The summed E-state index contributed by atoms with van der Waals surface area (Å²) >= 11 is 0. The molecule has 1 fully saturated rings. The van der Waals surface area contributed by atoms with E-state index in [0.29, 0.717) is 19.6 Å². The van der Waals surface area contributed by atoms with E-state index >= 15 is 0 Å². The molecule has 0 aliphatic carbocycles. The van der Waals surface area contributed by atoms with Crippen molar-refractivity contribution in [1.82, 2.24) is 10.6 Å². The highest BCUT2D eigenvalue weighted by atomic mass is 16.7. The zero-order valence-electron chi connectivity index (χ0n) is 26.1. The van der Waals surface area contributed by atoms with E-state index < -0.39 is 23.3 Å². The highest BCUT2D eigenvalue weighted by Crippen LogP contribution is 2.34. The van der Waals surface area contributed by atoms with E-state index in [0.717, 1.165) is 25.7 Å². The fourth-order valence-electron chi connectivity index (χ4n) is 4.57. The molecular formula is C32H58N2O6. The first-order chi connectivity index (χ1) is 19.1. The molecular weight excluding hydrogens is 508 g/mol. The molecule has 1 aliphatic rings. The van der Waals surface area contributed by atoms with Crippen molar-refractivity contribution in [2.75, 3.05) is 26.3 Å². The summed E-state index contributed by atoms with van der Waals surface area (Å²) in [6.45, 7) is 10.6. The molecule has 0 aromatic carbocycles. The molecule has 8 nitrogen and oxygen atoms in total. The van der Waals surface area contributed by atoms with Crippen LogP contribution in [0.5, 0.6) is 0 Å². The van der Waals surface area contributed by atoms with Crippen molar-refractivity contribution < 1.29 is 28.6 Å². The second kappa shape index (κ2) is 20.9. The van der Waals surface area contributed by atoms with Gasteiger partial charge in [-0.25, -0.2) is 0 Å². The lowest BCUT2D eigenvalue weighted by Crippen LogP contribution is -2.56. The normalized spacial score (nSPS) is 18.0. The van der Waals surface area contributed by atoms with Crippen LogP contribution in [0.3, 0.4) is 0 Å². The van der Waals surface area contributed by atoms with Crippen LogP contribution in [-0.4, -0.2) is 56.0 Å². The van der Waals surface area contributed by atoms with Gasteiger partial charge in [0.25, 0.3) is 0 Å². The van der Waals surface area contributed by atoms with E-state index in [1.54, 1.807) is 13.8 Å². The van der Waals surface area contributed by atoms with Crippen LogP contribution in [-0.2, 0) is 28.6 Å². The molecule has 40 heavy (non-hydrogen) atoms. The van der Waals surface area contributed by atoms with Crippen LogP contribution in [0.15, 0.2) is 12.2 Å². The van der Waals surface area contributed by atoms with Crippen LogP contribution in [0, 0.1) is 5.41 Å². The Labute approximate surface area is 243 Å². The molecule has 0 aromatic rings. The third-order valence-corrected chi connectivity index (χ3v) is 7.12. The topological polar surface area (TPSA) is 103 Å². The van der Waals surface area contributed by atoms with Gasteiger partial charge in [-0.2, -0.15) is 0 Å². The lowest BCUT2D eigenvalue weighted by molar-refractivity contribution is -0.304. The summed E-state index contributed by atoms with van der Waals surface area (Å²) in [6.07, 6.45) is 20.5. The van der Waals surface area contributed by atoms with Crippen LogP contribution < -0.4 is 10.6 Å². The molecule has 8 heteroatoms. The molecule has 1 unspecified atom stereocenters. The van der Waals surface area contributed by atoms with Gasteiger partial charge in [0.15, 0.2) is 5.79 Å². The molecule has 0 saturated carbocycles. The molecule has 0 aromatic heterocycles. The van der Waals surface area contributed by atoms with Gasteiger partial charge in [-0.05, 0) is 46.0 Å². The summed E-state index contributed by atoms with van der Waals surface area (Å²) in [5.41, 5.74) is -0.470. The fourth-order valence-corrected chi connectivity index (χ4v) is 4.57. The smallest absolute Gasteiger partial charge is 0.307 e. The van der Waals surface area contributed by atoms with Gasteiger partial charge in [0.1, 0.15) is 12.7 Å². The molecule has 2 amide bonds. The maximum atomic E-state index is 12.6. The second-order valence-corrected chi connectivity index (χ2v) is 12.1. The Hall–Kier alpha value is -1.93. The number of nitrogens with one attached hydrogen (secondary N) is 2. The van der Waals surface area contributed by atoms with Crippen molar-refractivity contribution in [3.05, 3.63) is 12.2 Å². The van der Waals surface area contributed by atoms with E-state index in [-0.39, 0.29) is 31.4 Å². The van der Waals surface area contributed by atoms with E-state index in [1.807, 2.05) is 13.8 Å². The first-order valence-electron chi connectivity index (χ1n) is 15.7. The SMILES string of the molecule is CCCCCCCCC=CCCCCCCCC(=O)NCCOC(=O)CCNC(=O)C1OC(C)(C)OCC1(C)C. The predicted molar refractivity (Wildman–Crippen MR) is 160 cm³/mol. The first kappa shape index (κ1) is 36.1. The van der Waals surface area contributed by atoms with Gasteiger partial charge in [-0.3, -0.25) is 14.4 Å². The number of hydrogen-bond acceptors (Lipinski definition) is 6. The molecule has 1 atom stereocenters. The van der Waals surface area contributed by atoms with E-state index in [9.17, 15) is 14.4 Å². The Kier molecular flexibility index (Phi) is 18.8. The molecule has 0 radical (unpaired) electrons. The Bertz CT molecular complexity index is 750. The minimum absolute atomic E-state index is 0.0112. The van der Waals surface area contributed by atoms with Gasteiger partial charge in [0.2, 0.25) is 11.8 Å². The Morgan fingerprint density at radius 1 is 0.800 bits per heavy atom. The number of rotatable bonds is 22. The van der Waals surface area contributed by atoms with Gasteiger partial charge >= 0.3 is 5.97 Å². The minimum atomic E-state index is -0.828. The van der Waals surface area contributed by atoms with Crippen LogP contribution in [0.4, 0.5) is 0 Å². The van der Waals surface area contributed by atoms with Gasteiger partial charge in [-0.1, -0.05) is 84.3 Å². The number of carbonyl (C=O) groups is 3. The van der Waals surface area contributed by atoms with E-state index in [1.165, 1.54) is 57.8 Å². The second-order valence-electron chi connectivity index (χ2n) is 12.1. The number of amides is 2. The molecule has 1 heterocycles. The van der Waals surface area contributed by atoms with Crippen molar-refractivity contribution in [1.29, 1.82) is 0 Å². The molecule has 1 saturated heterocycles. The summed E-state index contributed by atoms with van der Waals surface area (Å²) < 4.78 is 16.6. The maximum absolute atomic E-state index is 12.6. The summed E-state index contributed by atoms with van der Waals surface area (Å²) in [5, 5.41) is 5.55. The molecule has 0 spiro atoms. The monoisotopic (exact) mass is 566 g/mol. The maximum Gasteiger partial charge on any atom is 0.307 e. The molecule has 0 bridgehead atoms. The first-order valence-corrected chi connectivity index (χ1v) is 15.7. The van der Waals surface area contributed by atoms with Crippen molar-refractivity contribution in [2.24, 2.45) is 5.41 Å². The summed E-state index contributed by atoms with van der Waals surface area (Å²) in [4.78, 5) is 36.5.